The highest BCUT2D eigenvalue weighted by atomic mass is 35.6. The van der Waals surface area contributed by atoms with E-state index in [1.807, 2.05) is 67.7 Å². The van der Waals surface area contributed by atoms with Gasteiger partial charge in [-0.15, -0.1) is 0 Å². The number of fused-ring (bicyclic) bond motifs is 4. The molecule has 26 heteroatoms. The highest BCUT2D eigenvalue weighted by Gasteiger charge is 2.54. The molecule has 0 N–H and O–H groups in total. The van der Waals surface area contributed by atoms with Crippen LogP contribution >= 0.6 is 69.6 Å². The number of halogens is 6. The van der Waals surface area contributed by atoms with Crippen molar-refractivity contribution in [2.24, 2.45) is 0 Å². The van der Waals surface area contributed by atoms with Crippen molar-refractivity contribution in [1.29, 1.82) is 0 Å². The highest BCUT2D eigenvalue weighted by molar-refractivity contribution is 6.74. The van der Waals surface area contributed by atoms with Crippen LogP contribution in [0.25, 0.3) is 0 Å². The van der Waals surface area contributed by atoms with Gasteiger partial charge >= 0.3 is 12.2 Å². The number of nitrogens with zero attached hydrogens (tertiary/aromatic N) is 4. The third-order valence-corrected chi connectivity index (χ3v) is 23.5. The Morgan fingerprint density at radius 3 is 1.22 bits per heavy atom. The maximum absolute atomic E-state index is 14.4. The number of rotatable bonds is 14. The predicted octanol–water partition coefficient (Wildman–Crippen LogP) is 10.5. The Morgan fingerprint density at radius 2 is 0.918 bits per heavy atom. The summed E-state index contributed by atoms with van der Waals surface area (Å²) < 4.78 is 45.0. The van der Waals surface area contributed by atoms with Crippen LogP contribution in [0, 0.1) is 0 Å². The lowest BCUT2D eigenvalue weighted by atomic mass is 10.1. The number of benzene rings is 2. The Kier molecular flexibility index (Phi) is 17.6. The van der Waals surface area contributed by atoms with E-state index in [-0.39, 0.29) is 113 Å². The molecule has 2 aromatic rings. The topological polar surface area (TPSA) is 189 Å². The maximum Gasteiger partial charge on any atom is 0.416 e. The number of hydrogen-bond donors (Lipinski definition) is 0. The van der Waals surface area contributed by atoms with Crippen molar-refractivity contribution in [3.8, 4) is 23.0 Å². The largest absolute Gasteiger partial charge is 0.493 e. The van der Waals surface area contributed by atoms with Gasteiger partial charge in [-0.3, -0.25) is 19.2 Å². The Morgan fingerprint density at radius 1 is 0.575 bits per heavy atom. The molecule has 4 atom stereocenters. The lowest BCUT2D eigenvalue weighted by Crippen LogP contribution is -2.58. The number of carbonyl (C=O) groups is 6. The molecule has 4 aliphatic heterocycles. The molecule has 2 aromatic carbocycles. The lowest BCUT2D eigenvalue weighted by molar-refractivity contribution is -0.117. The van der Waals surface area contributed by atoms with E-state index in [0.717, 1.165) is 0 Å². The molecule has 2 fully saturated rings. The van der Waals surface area contributed by atoms with Crippen molar-refractivity contribution in [2.75, 3.05) is 63.5 Å². The van der Waals surface area contributed by atoms with Gasteiger partial charge in [0.15, 0.2) is 63.7 Å². The van der Waals surface area contributed by atoms with Crippen molar-refractivity contribution < 1.29 is 66.0 Å². The first-order valence-corrected chi connectivity index (χ1v) is 31.4. The molecule has 6 rings (SSSR count). The number of anilines is 2. The zero-order valence-electron chi connectivity index (χ0n) is 42.8. The Hall–Kier alpha value is -3.45. The lowest BCUT2D eigenvalue weighted by Gasteiger charge is -2.44. The van der Waals surface area contributed by atoms with Gasteiger partial charge in [0.05, 0.1) is 75.1 Å². The Bertz CT molecular complexity index is 2330. The van der Waals surface area contributed by atoms with Crippen LogP contribution in [0.1, 0.15) is 81.5 Å². The van der Waals surface area contributed by atoms with Crippen LogP contribution in [0.3, 0.4) is 0 Å². The van der Waals surface area contributed by atoms with Gasteiger partial charge in [0.25, 0.3) is 11.8 Å². The summed E-state index contributed by atoms with van der Waals surface area (Å²) in [7, 11) is -2.79. The first kappa shape index (κ1) is 58.8. The first-order valence-electron chi connectivity index (χ1n) is 23.4. The number of hydrogen-bond acceptors (Lipinski definition) is 14. The molecule has 18 nitrogen and oxygen atoms in total. The average molecular weight is 1180 g/mol. The minimum atomic E-state index is -2.78. The normalized spacial score (nSPS) is 20.7. The quantitative estimate of drug-likeness (QED) is 0.0987. The first-order chi connectivity index (χ1) is 33.6. The van der Waals surface area contributed by atoms with Crippen LogP contribution < -0.4 is 28.7 Å². The third-order valence-electron chi connectivity index (χ3n) is 14.0. The summed E-state index contributed by atoms with van der Waals surface area (Å²) in [6, 6.07) is 3.96. The molecule has 0 bridgehead atoms. The molecule has 0 unspecified atom stereocenters. The summed E-state index contributed by atoms with van der Waals surface area (Å²) in [6.07, 6.45) is -4.41. The summed E-state index contributed by atoms with van der Waals surface area (Å²) in [5.74, 6) is -1.05. The highest BCUT2D eigenvalue weighted by Crippen LogP contribution is 2.48. The van der Waals surface area contributed by atoms with E-state index in [9.17, 15) is 28.8 Å². The molecule has 73 heavy (non-hydrogen) atoms. The molecule has 4 amide bonds. The van der Waals surface area contributed by atoms with Gasteiger partial charge in [-0.25, -0.2) is 19.4 Å². The smallest absolute Gasteiger partial charge is 0.416 e. The fraction of sp³-hybridized carbons (Fsp3) is 0.617. The van der Waals surface area contributed by atoms with E-state index in [4.69, 9.17) is 107 Å². The van der Waals surface area contributed by atoms with Crippen LogP contribution in [0.5, 0.6) is 23.0 Å². The fourth-order valence-corrected chi connectivity index (χ4v) is 10.9. The van der Waals surface area contributed by atoms with Crippen LogP contribution in [0.4, 0.5) is 21.0 Å². The van der Waals surface area contributed by atoms with E-state index in [0.29, 0.717) is 0 Å². The molecule has 4 heterocycles. The zero-order valence-corrected chi connectivity index (χ0v) is 49.3. The van der Waals surface area contributed by atoms with Gasteiger partial charge < -0.3 is 47.1 Å². The van der Waals surface area contributed by atoms with Crippen LogP contribution in [0.2, 0.25) is 36.3 Å². The summed E-state index contributed by atoms with van der Waals surface area (Å²) in [6.45, 7) is 18.2. The summed E-state index contributed by atoms with van der Waals surface area (Å²) >= 11 is 36.1. The molecule has 0 radical (unpaired) electrons. The molecule has 2 saturated heterocycles. The minimum absolute atomic E-state index is 0.00221. The SMILES string of the molecule is COc1cc2c(cc1OCCCOc1cc3c(cc1OC)C(=O)N1CC(=O)C[C@H]1[C@H](O[Si](C)(C)C(C)(C)C)N3C(=O)OCC(Cl)(Cl)Cl)N(C(=O)OCC(Cl)(Cl)Cl)[C@@H](O[Si](C)(C)C(C)(C)C)[C@@H]1CC(=O)CN1C2=O. The van der Waals surface area contributed by atoms with Crippen molar-refractivity contribution in [1.82, 2.24) is 9.80 Å². The third kappa shape index (κ3) is 13.0. The molecular weight excluding hydrogens is 1110 g/mol. The standard InChI is InChI=1S/C47H62Cl6N4O14Si2/c1-44(2,3)72(9,10)70-40-32-16-26(58)22-54(32)38(60)28-18-34(64-7)36(20-30(28)56(40)42(62)68-24-46(48,49)50)66-14-13-15-67-37-21-31-29(19-35(37)65-8)39(61)55-23-27(59)17-33(55)41(71-73(11,12)45(4,5)6)57(31)43(63)69-25-47(51,52)53/h18-21,32-33,40-41H,13-17,22-25H2,1-12H3/t32-,33-,40-,41-/m0/s1. The average Bonchev–Trinajstić information content (AvgIpc) is 3.83. The summed E-state index contributed by atoms with van der Waals surface area (Å²) in [5.41, 5.74) is 0.0855. The number of alkyl halides is 6. The second-order valence-electron chi connectivity index (χ2n) is 21.2. The van der Waals surface area contributed by atoms with Gasteiger partial charge in [-0.2, -0.15) is 0 Å². The number of Topliss-reactive ketones (excluding diaryl/α,β-unsaturated/α-hetero) is 2. The monoisotopic (exact) mass is 1170 g/mol. The second-order valence-corrected chi connectivity index (χ2v) is 35.7. The predicted molar refractivity (Wildman–Crippen MR) is 283 cm³/mol. The Labute approximate surface area is 457 Å². The van der Waals surface area contributed by atoms with E-state index in [1.54, 1.807) is 0 Å². The van der Waals surface area contributed by atoms with Gasteiger partial charge in [0.1, 0.15) is 13.2 Å². The van der Waals surface area contributed by atoms with E-state index in [2.05, 4.69) is 0 Å². The number of ketones is 2. The number of carbonyl (C=O) groups excluding carboxylic acids is 6. The minimum Gasteiger partial charge on any atom is -0.493 e. The van der Waals surface area contributed by atoms with Crippen molar-refractivity contribution >= 4 is 133 Å². The maximum atomic E-state index is 14.4. The van der Waals surface area contributed by atoms with Gasteiger partial charge in [0.2, 0.25) is 7.59 Å². The van der Waals surface area contributed by atoms with E-state index in [1.165, 1.54) is 58.1 Å². The molecular formula is C47H62Cl6N4O14Si2. The van der Waals surface area contributed by atoms with E-state index < -0.39 is 86.0 Å². The van der Waals surface area contributed by atoms with Crippen LogP contribution in [0.15, 0.2) is 24.3 Å². The molecule has 0 aliphatic carbocycles. The second kappa shape index (κ2) is 21.9. The fourth-order valence-electron chi connectivity index (χ4n) is 8.17. The van der Waals surface area contributed by atoms with Crippen molar-refractivity contribution in [3.63, 3.8) is 0 Å². The van der Waals surface area contributed by atoms with Crippen molar-refractivity contribution in [2.45, 2.75) is 129 Å². The summed E-state index contributed by atoms with van der Waals surface area (Å²) in [5, 5.41) is -0.747. The molecule has 0 saturated carbocycles. The van der Waals surface area contributed by atoms with E-state index >= 15 is 0 Å². The zero-order chi connectivity index (χ0) is 54.6. The molecule has 0 spiro atoms. The number of ether oxygens (including phenoxy) is 6. The van der Waals surface area contributed by atoms with Crippen LogP contribution in [-0.2, 0) is 27.9 Å². The molecule has 4 aliphatic rings. The van der Waals surface area contributed by atoms with Gasteiger partial charge in [0, 0.05) is 31.4 Å². The van der Waals surface area contributed by atoms with Crippen LogP contribution in [-0.4, -0.2) is 148 Å². The molecule has 404 valence electrons. The van der Waals surface area contributed by atoms with Gasteiger partial charge in [-0.05, 0) is 48.4 Å². The summed E-state index contributed by atoms with van der Waals surface area (Å²) in [4.78, 5) is 88.8. The van der Waals surface area contributed by atoms with Gasteiger partial charge in [-0.1, -0.05) is 111 Å². The number of methoxy groups -OCH3 is 2. The van der Waals surface area contributed by atoms with Crippen molar-refractivity contribution in [3.05, 3.63) is 35.4 Å². The number of amides is 4. The Balaban J connectivity index is 1.34. The molecule has 0 aromatic heterocycles.